The van der Waals surface area contributed by atoms with Crippen molar-refractivity contribution in [3.63, 3.8) is 0 Å². The van der Waals surface area contributed by atoms with E-state index < -0.39 is 0 Å². The molecule has 49 heavy (non-hydrogen) atoms. The average molecular weight is 667 g/mol. The van der Waals surface area contributed by atoms with E-state index >= 15 is 0 Å². The lowest BCUT2D eigenvalue weighted by molar-refractivity contribution is -0.128. The molecule has 0 spiro atoms. The number of anilines is 2. The van der Waals surface area contributed by atoms with Gasteiger partial charge in [-0.2, -0.15) is 15.2 Å². The summed E-state index contributed by atoms with van der Waals surface area (Å²) >= 11 is 0. The van der Waals surface area contributed by atoms with E-state index in [2.05, 4.69) is 63.8 Å². The van der Waals surface area contributed by atoms with Crippen LogP contribution in [0.1, 0.15) is 75.6 Å². The molecule has 3 saturated heterocycles. The second kappa shape index (κ2) is 15.5. The molecular formula is C39H54N8O2. The summed E-state index contributed by atoms with van der Waals surface area (Å²) in [5.41, 5.74) is 5.11. The van der Waals surface area contributed by atoms with Crippen LogP contribution in [0.25, 0.3) is 0 Å². The Hall–Kier alpha value is -3.68. The lowest BCUT2D eigenvalue weighted by Crippen LogP contribution is -2.55. The number of aromatic nitrogens is 2. The van der Waals surface area contributed by atoms with Gasteiger partial charge < -0.3 is 19.4 Å². The summed E-state index contributed by atoms with van der Waals surface area (Å²) < 4.78 is 6.49. The monoisotopic (exact) mass is 666 g/mol. The number of amides is 1. The van der Waals surface area contributed by atoms with Crippen LogP contribution in [0.4, 0.5) is 11.5 Å². The standard InChI is InChI=1S/C39H54N8O2/c1-29(2)45-22-8-12-33(45)28-49-39-41-35-26-31(46-23-7-11-30-10-3-4-13-36(30)46)15-16-34(35)38(42-39)44-24-25-47(32(27-44)17-18-40)37(48)14-9-21-43-19-5-6-20-43/h3-4,9-10,13-14,29,31-33H,5-8,11-12,15-17,19-28H2,1-2H3/b14-9+/t31-,32-,33-/m0/s1. The van der Waals surface area contributed by atoms with Gasteiger partial charge >= 0.3 is 6.01 Å². The fraction of sp³-hybridized carbons (Fsp3) is 0.641. The second-order valence-electron chi connectivity index (χ2n) is 14.9. The van der Waals surface area contributed by atoms with Crippen LogP contribution < -0.4 is 14.5 Å². The number of ether oxygens (including phenoxy) is 1. The molecule has 10 heteroatoms. The molecule has 0 saturated carbocycles. The molecule has 1 aliphatic carbocycles. The Morgan fingerprint density at radius 1 is 1.00 bits per heavy atom. The van der Waals surface area contributed by atoms with Gasteiger partial charge in [0.15, 0.2) is 0 Å². The van der Waals surface area contributed by atoms with Crippen LogP contribution in [0.2, 0.25) is 0 Å². The highest BCUT2D eigenvalue weighted by molar-refractivity contribution is 5.88. The number of carbonyl (C=O) groups excluding carboxylic acids is 1. The van der Waals surface area contributed by atoms with Crippen molar-refractivity contribution < 1.29 is 9.53 Å². The molecule has 0 unspecified atom stereocenters. The molecule has 1 amide bonds. The van der Waals surface area contributed by atoms with Crippen molar-refractivity contribution in [3.05, 3.63) is 53.2 Å². The van der Waals surface area contributed by atoms with Crippen LogP contribution in [0.5, 0.6) is 6.01 Å². The Morgan fingerprint density at radius 3 is 2.69 bits per heavy atom. The van der Waals surface area contributed by atoms with Crippen molar-refractivity contribution in [1.82, 2.24) is 24.7 Å². The smallest absolute Gasteiger partial charge is 0.318 e. The second-order valence-corrected chi connectivity index (χ2v) is 14.9. The van der Waals surface area contributed by atoms with Crippen LogP contribution in [0, 0.1) is 11.3 Å². The van der Waals surface area contributed by atoms with E-state index in [4.69, 9.17) is 14.7 Å². The molecule has 10 nitrogen and oxygen atoms in total. The first kappa shape index (κ1) is 33.8. The number of rotatable bonds is 10. The summed E-state index contributed by atoms with van der Waals surface area (Å²) in [5.74, 6) is 0.938. The van der Waals surface area contributed by atoms with Crippen LogP contribution in [0.3, 0.4) is 0 Å². The predicted molar refractivity (Wildman–Crippen MR) is 193 cm³/mol. The number of fused-ring (bicyclic) bond motifs is 2. The third-order valence-electron chi connectivity index (χ3n) is 11.5. The number of nitriles is 1. The van der Waals surface area contributed by atoms with Gasteiger partial charge in [-0.25, -0.2) is 0 Å². The largest absolute Gasteiger partial charge is 0.462 e. The van der Waals surface area contributed by atoms with Gasteiger partial charge in [0.05, 0.1) is 24.2 Å². The Bertz CT molecular complexity index is 1530. The van der Waals surface area contributed by atoms with E-state index in [9.17, 15) is 10.1 Å². The Morgan fingerprint density at radius 2 is 1.86 bits per heavy atom. The highest BCUT2D eigenvalue weighted by Crippen LogP contribution is 2.37. The lowest BCUT2D eigenvalue weighted by atomic mass is 9.88. The summed E-state index contributed by atoms with van der Waals surface area (Å²) in [6.07, 6.45) is 13.9. The maximum atomic E-state index is 13.4. The SMILES string of the molecule is CC(C)N1CCC[C@H]1COc1nc2c(c(N3CCN(C(=O)/C=C/CN4CCCC4)[C@@H](CC#N)C3)n1)CC[C@H](N1CCCc3ccccc31)C2. The lowest BCUT2D eigenvalue weighted by Gasteiger charge is -2.43. The van der Waals surface area contributed by atoms with Crippen LogP contribution in [-0.2, 0) is 24.1 Å². The van der Waals surface area contributed by atoms with E-state index in [0.717, 1.165) is 76.3 Å². The van der Waals surface area contributed by atoms with E-state index in [1.54, 1.807) is 6.08 Å². The zero-order chi connectivity index (χ0) is 33.7. The summed E-state index contributed by atoms with van der Waals surface area (Å²) in [4.78, 5) is 35.4. The van der Waals surface area contributed by atoms with Crippen LogP contribution in [-0.4, -0.2) is 114 Å². The van der Waals surface area contributed by atoms with Crippen molar-refractivity contribution in [2.45, 2.75) is 102 Å². The van der Waals surface area contributed by atoms with Gasteiger partial charge in [0.1, 0.15) is 12.4 Å². The molecule has 3 fully saturated rings. The van der Waals surface area contributed by atoms with Gasteiger partial charge in [-0.05, 0) is 96.5 Å². The number of hydrogen-bond donors (Lipinski definition) is 0. The third kappa shape index (κ3) is 7.58. The van der Waals surface area contributed by atoms with E-state index in [1.165, 1.54) is 42.5 Å². The molecule has 1 aromatic heterocycles. The van der Waals surface area contributed by atoms with E-state index in [1.807, 2.05) is 11.0 Å². The molecule has 0 radical (unpaired) electrons. The van der Waals surface area contributed by atoms with Crippen molar-refractivity contribution in [2.24, 2.45) is 0 Å². The minimum atomic E-state index is -0.197. The van der Waals surface area contributed by atoms with E-state index in [0.29, 0.717) is 56.8 Å². The number of carbonyl (C=O) groups is 1. The molecule has 3 atom stereocenters. The average Bonchev–Trinajstić information content (AvgIpc) is 3.83. The normalized spacial score (nSPS) is 24.8. The van der Waals surface area contributed by atoms with Gasteiger partial charge in [0, 0.05) is 74.6 Å². The number of hydrogen-bond acceptors (Lipinski definition) is 9. The van der Waals surface area contributed by atoms with Crippen molar-refractivity contribution >= 4 is 17.4 Å². The first-order valence-corrected chi connectivity index (χ1v) is 18.9. The maximum Gasteiger partial charge on any atom is 0.318 e. The Labute approximate surface area is 292 Å². The first-order valence-electron chi connectivity index (χ1n) is 18.9. The molecule has 0 N–H and O–H groups in total. The zero-order valence-electron chi connectivity index (χ0n) is 29.6. The number of aryl methyl sites for hydroxylation is 1. The van der Waals surface area contributed by atoms with Gasteiger partial charge in [-0.3, -0.25) is 14.6 Å². The maximum absolute atomic E-state index is 13.4. The van der Waals surface area contributed by atoms with Crippen molar-refractivity contribution in [2.75, 3.05) is 68.8 Å². The molecule has 5 heterocycles. The first-order chi connectivity index (χ1) is 24.0. The van der Waals surface area contributed by atoms with E-state index in [-0.39, 0.29) is 11.9 Å². The third-order valence-corrected chi connectivity index (χ3v) is 11.5. The molecule has 1 aromatic carbocycles. The highest BCUT2D eigenvalue weighted by Gasteiger charge is 2.36. The van der Waals surface area contributed by atoms with Crippen molar-refractivity contribution in [3.8, 4) is 12.1 Å². The van der Waals surface area contributed by atoms with Crippen LogP contribution in [0.15, 0.2) is 36.4 Å². The summed E-state index contributed by atoms with van der Waals surface area (Å²) in [7, 11) is 0. The number of benzene rings is 1. The highest BCUT2D eigenvalue weighted by atomic mass is 16.5. The fourth-order valence-electron chi connectivity index (χ4n) is 8.96. The number of likely N-dealkylation sites (tertiary alicyclic amines) is 2. The minimum Gasteiger partial charge on any atom is -0.462 e. The molecule has 2 aromatic rings. The van der Waals surface area contributed by atoms with Crippen molar-refractivity contribution in [1.29, 1.82) is 5.26 Å². The molecule has 7 rings (SSSR count). The Balaban J connectivity index is 1.12. The molecular weight excluding hydrogens is 612 g/mol. The molecule has 262 valence electrons. The zero-order valence-corrected chi connectivity index (χ0v) is 29.6. The number of nitrogens with zero attached hydrogens (tertiary/aromatic N) is 8. The molecule has 4 aliphatic heterocycles. The van der Waals surface area contributed by atoms with Gasteiger partial charge in [-0.15, -0.1) is 0 Å². The topological polar surface area (TPSA) is 92.1 Å². The Kier molecular flexibility index (Phi) is 10.7. The quantitative estimate of drug-likeness (QED) is 0.337. The van der Waals surface area contributed by atoms with Crippen LogP contribution >= 0.6 is 0 Å². The van der Waals surface area contributed by atoms with Gasteiger partial charge in [0.25, 0.3) is 0 Å². The molecule has 0 bridgehead atoms. The van der Waals surface area contributed by atoms with Gasteiger partial charge in [0.2, 0.25) is 5.91 Å². The summed E-state index contributed by atoms with van der Waals surface area (Å²) in [5, 5.41) is 9.80. The van der Waals surface area contributed by atoms with Gasteiger partial charge in [-0.1, -0.05) is 24.3 Å². The number of para-hydroxylation sites is 1. The minimum absolute atomic E-state index is 0.00348. The summed E-state index contributed by atoms with van der Waals surface area (Å²) in [6, 6.07) is 12.7. The predicted octanol–water partition coefficient (Wildman–Crippen LogP) is 4.62. The fourth-order valence-corrected chi connectivity index (χ4v) is 8.96. The summed E-state index contributed by atoms with van der Waals surface area (Å²) in [6.45, 7) is 12.1. The number of piperazine rings is 1. The molecule has 5 aliphatic rings.